The van der Waals surface area contributed by atoms with Gasteiger partial charge in [0.2, 0.25) is 0 Å². The second kappa shape index (κ2) is 18.1. The van der Waals surface area contributed by atoms with Crippen LogP contribution in [-0.2, 0) is 32.4 Å². The second-order valence-corrected chi connectivity index (χ2v) is 11.8. The minimum Gasteiger partial charge on any atom is -0.461 e. The molecule has 1 unspecified atom stereocenters. The lowest BCUT2D eigenvalue weighted by Crippen LogP contribution is -2.34. The molecular formula is C37H52ClN3O. The van der Waals surface area contributed by atoms with Gasteiger partial charge in [0.05, 0.1) is 10.8 Å². The van der Waals surface area contributed by atoms with Crippen molar-refractivity contribution in [3.05, 3.63) is 111 Å². The predicted molar refractivity (Wildman–Crippen MR) is 180 cm³/mol. The number of hydrogen-bond acceptors (Lipinski definition) is 4. The van der Waals surface area contributed by atoms with E-state index in [-0.39, 0.29) is 0 Å². The highest BCUT2D eigenvalue weighted by molar-refractivity contribution is 6.32. The van der Waals surface area contributed by atoms with Crippen molar-refractivity contribution < 1.29 is 4.74 Å². The molecular weight excluding hydrogens is 538 g/mol. The van der Waals surface area contributed by atoms with E-state index in [9.17, 15) is 0 Å². The number of halogens is 1. The smallest absolute Gasteiger partial charge is 0.145 e. The maximum absolute atomic E-state index is 6.62. The third-order valence-electron chi connectivity index (χ3n) is 8.15. The quantitative estimate of drug-likeness (QED) is 0.130. The van der Waals surface area contributed by atoms with Crippen molar-refractivity contribution in [3.63, 3.8) is 0 Å². The molecule has 0 spiro atoms. The number of nitrogens with zero attached hydrogens (tertiary/aromatic N) is 2. The van der Waals surface area contributed by atoms with Crippen LogP contribution in [0.4, 0.5) is 0 Å². The van der Waals surface area contributed by atoms with Crippen LogP contribution in [0.3, 0.4) is 0 Å². The molecule has 1 atom stereocenters. The molecule has 1 aliphatic rings. The van der Waals surface area contributed by atoms with E-state index < -0.39 is 0 Å². The lowest BCUT2D eigenvalue weighted by atomic mass is 9.94. The first-order valence-corrected chi connectivity index (χ1v) is 16.2. The van der Waals surface area contributed by atoms with Gasteiger partial charge in [0.25, 0.3) is 0 Å². The van der Waals surface area contributed by atoms with Crippen LogP contribution in [0.25, 0.3) is 0 Å². The summed E-state index contributed by atoms with van der Waals surface area (Å²) in [6, 6.07) is 23.9. The van der Waals surface area contributed by atoms with Crippen molar-refractivity contribution in [1.82, 2.24) is 9.91 Å². The number of fused-ring (bicyclic) bond motifs is 1. The van der Waals surface area contributed by atoms with Crippen molar-refractivity contribution in [2.75, 3.05) is 13.6 Å². The summed E-state index contributed by atoms with van der Waals surface area (Å²) in [6.45, 7) is 11.0. The van der Waals surface area contributed by atoms with E-state index in [0.717, 1.165) is 63.2 Å². The molecule has 0 fully saturated rings. The molecule has 0 radical (unpaired) electrons. The Morgan fingerprint density at radius 2 is 1.67 bits per heavy atom. The van der Waals surface area contributed by atoms with Gasteiger partial charge in [-0.2, -0.15) is 0 Å². The third kappa shape index (κ3) is 10.6. The molecule has 42 heavy (non-hydrogen) atoms. The molecule has 0 aliphatic carbocycles. The van der Waals surface area contributed by atoms with Gasteiger partial charge in [-0.05, 0) is 85.7 Å². The van der Waals surface area contributed by atoms with Gasteiger partial charge < -0.3 is 9.64 Å². The zero-order valence-corrected chi connectivity index (χ0v) is 27.3. The van der Waals surface area contributed by atoms with Crippen LogP contribution in [0.2, 0.25) is 5.02 Å². The summed E-state index contributed by atoms with van der Waals surface area (Å²) < 4.78 is 6.14. The van der Waals surface area contributed by atoms with Gasteiger partial charge in [0.1, 0.15) is 5.75 Å². The number of unbranched alkanes of at least 4 members (excludes halogenated alkanes) is 2. The fourth-order valence-corrected chi connectivity index (χ4v) is 5.77. The van der Waals surface area contributed by atoms with Gasteiger partial charge in [-0.25, -0.2) is 5.01 Å². The van der Waals surface area contributed by atoms with E-state index in [0.29, 0.717) is 11.1 Å². The van der Waals surface area contributed by atoms with E-state index in [4.69, 9.17) is 22.2 Å². The number of rotatable bonds is 12. The first-order chi connectivity index (χ1) is 20.4. The number of ether oxygens (including phenoxy) is 1. The molecule has 1 aliphatic heterocycles. The Morgan fingerprint density at radius 1 is 0.976 bits per heavy atom. The predicted octanol–water partition coefficient (Wildman–Crippen LogP) is 9.14. The highest BCUT2D eigenvalue weighted by atomic mass is 35.5. The summed E-state index contributed by atoms with van der Waals surface area (Å²) in [5, 5.41) is 2.60. The Bertz CT molecular complexity index is 1240. The van der Waals surface area contributed by atoms with E-state index in [1.165, 1.54) is 47.1 Å². The van der Waals surface area contributed by atoms with Crippen LogP contribution in [0, 0.1) is 0 Å². The minimum absolute atomic E-state index is 0.453. The van der Waals surface area contributed by atoms with E-state index >= 15 is 0 Å². The fourth-order valence-electron chi connectivity index (χ4n) is 5.55. The lowest BCUT2D eigenvalue weighted by molar-refractivity contribution is 0.237. The van der Waals surface area contributed by atoms with Crippen molar-refractivity contribution in [2.24, 2.45) is 5.84 Å². The van der Waals surface area contributed by atoms with Gasteiger partial charge in [-0.1, -0.05) is 106 Å². The molecule has 0 amide bonds. The molecule has 3 aromatic carbocycles. The van der Waals surface area contributed by atoms with Crippen molar-refractivity contribution in [1.29, 1.82) is 0 Å². The summed E-state index contributed by atoms with van der Waals surface area (Å²) in [7, 11) is 2.25. The molecule has 0 saturated heterocycles. The molecule has 4 nitrogen and oxygen atoms in total. The van der Waals surface area contributed by atoms with E-state index in [2.05, 4.69) is 93.4 Å². The van der Waals surface area contributed by atoms with Crippen LogP contribution in [0.15, 0.2) is 78.6 Å². The SMILES string of the molecule is C/C=C(\CC)Oc1cc2c(cc1Cl)CCN(C)C(CCc1ccccc1CN(N)Cc1ccccc1)C2.CCCCC. The molecule has 3 aromatic rings. The second-order valence-electron chi connectivity index (χ2n) is 11.4. The Morgan fingerprint density at radius 3 is 2.31 bits per heavy atom. The summed E-state index contributed by atoms with van der Waals surface area (Å²) in [5.74, 6) is 8.14. The Labute approximate surface area is 260 Å². The minimum atomic E-state index is 0.453. The largest absolute Gasteiger partial charge is 0.461 e. The third-order valence-corrected chi connectivity index (χ3v) is 8.45. The number of hydrazine groups is 1. The topological polar surface area (TPSA) is 41.7 Å². The number of likely N-dealkylation sites (N-methyl/N-ethyl adjacent to an activating group) is 1. The zero-order chi connectivity index (χ0) is 30.3. The van der Waals surface area contributed by atoms with Gasteiger partial charge in [0.15, 0.2) is 0 Å². The molecule has 0 saturated carbocycles. The maximum Gasteiger partial charge on any atom is 0.145 e. The fraction of sp³-hybridized carbons (Fsp3) is 0.459. The Balaban J connectivity index is 0.000000892. The van der Waals surface area contributed by atoms with Gasteiger partial charge in [0, 0.05) is 32.1 Å². The number of aryl methyl sites for hydroxylation is 1. The van der Waals surface area contributed by atoms with Crippen LogP contribution >= 0.6 is 11.6 Å². The molecule has 0 aromatic heterocycles. The first kappa shape index (κ1) is 33.9. The summed E-state index contributed by atoms with van der Waals surface area (Å²) >= 11 is 6.62. The zero-order valence-electron chi connectivity index (χ0n) is 26.5. The first-order valence-electron chi connectivity index (χ1n) is 15.8. The normalized spacial score (nSPS) is 15.5. The Kier molecular flexibility index (Phi) is 14.6. The standard InChI is InChI=1S/C32H40ClN3O.C5H12/c1-4-30(5-2)37-32-21-28-19-29(35(3)18-17-26(28)20-31(32)33)16-15-25-13-9-10-14-27(25)23-36(34)22-24-11-7-6-8-12-24;1-3-5-4-2/h4,6-14,20-21,29H,5,15-19,22-23,34H2,1-3H3;3-5H2,1-2H3/b30-4+;. The summed E-state index contributed by atoms with van der Waals surface area (Å²) in [5.41, 5.74) is 6.60. The number of benzene rings is 3. The van der Waals surface area contributed by atoms with Gasteiger partial charge in [-0.3, -0.25) is 5.84 Å². The van der Waals surface area contributed by atoms with Crippen molar-refractivity contribution in [2.45, 2.75) is 98.2 Å². The molecule has 1 heterocycles. The van der Waals surface area contributed by atoms with Gasteiger partial charge >= 0.3 is 0 Å². The van der Waals surface area contributed by atoms with E-state index in [1.807, 2.05) is 24.1 Å². The van der Waals surface area contributed by atoms with Crippen LogP contribution < -0.4 is 10.6 Å². The monoisotopic (exact) mass is 589 g/mol. The summed E-state index contributed by atoms with van der Waals surface area (Å²) in [6.07, 6.45) is 11.0. The van der Waals surface area contributed by atoms with E-state index in [1.54, 1.807) is 0 Å². The summed E-state index contributed by atoms with van der Waals surface area (Å²) in [4.78, 5) is 2.51. The van der Waals surface area contributed by atoms with Crippen LogP contribution in [0.5, 0.6) is 5.75 Å². The highest BCUT2D eigenvalue weighted by Crippen LogP contribution is 2.33. The maximum atomic E-state index is 6.62. The number of hydrogen-bond donors (Lipinski definition) is 1. The van der Waals surface area contributed by atoms with Crippen molar-refractivity contribution in [3.8, 4) is 5.75 Å². The lowest BCUT2D eigenvalue weighted by Gasteiger charge is -2.26. The Hall–Kier alpha value is -2.63. The van der Waals surface area contributed by atoms with Gasteiger partial charge in [-0.15, -0.1) is 0 Å². The number of allylic oxidation sites excluding steroid dienone is 2. The molecule has 5 heteroatoms. The molecule has 0 bridgehead atoms. The molecule has 4 rings (SSSR count). The molecule has 228 valence electrons. The van der Waals surface area contributed by atoms with Crippen molar-refractivity contribution >= 4 is 11.6 Å². The molecule has 2 N–H and O–H groups in total. The van der Waals surface area contributed by atoms with Crippen LogP contribution in [0.1, 0.15) is 87.6 Å². The highest BCUT2D eigenvalue weighted by Gasteiger charge is 2.23. The number of nitrogens with two attached hydrogens (primary N) is 1. The average molecular weight is 590 g/mol. The van der Waals surface area contributed by atoms with Crippen LogP contribution in [-0.4, -0.2) is 29.5 Å². The average Bonchev–Trinajstić information content (AvgIpc) is 3.14.